The highest BCUT2D eigenvalue weighted by Crippen LogP contribution is 2.37. The zero-order valence-electron chi connectivity index (χ0n) is 63.8. The van der Waals surface area contributed by atoms with Gasteiger partial charge in [0, 0.05) is 19.6 Å². The molecule has 0 heterocycles. The van der Waals surface area contributed by atoms with Crippen LogP contribution in [0.2, 0.25) is 0 Å². The van der Waals surface area contributed by atoms with Gasteiger partial charge in [-0.05, 0) is 254 Å². The van der Waals surface area contributed by atoms with E-state index in [-0.39, 0.29) is 49.9 Å². The van der Waals surface area contributed by atoms with Crippen LogP contribution in [-0.2, 0) is 42.4 Å². The number of rotatable bonds is 28. The fourth-order valence-corrected chi connectivity index (χ4v) is 15.7. The largest absolute Gasteiger partial charge is 0.497 e. The normalized spacial score (nSPS) is 10.7. The van der Waals surface area contributed by atoms with Crippen molar-refractivity contribution in [3.05, 3.63) is 385 Å². The van der Waals surface area contributed by atoms with Gasteiger partial charge in [0.2, 0.25) is 19.7 Å². The summed E-state index contributed by atoms with van der Waals surface area (Å²) in [6.07, 6.45) is 0. The molecule has 14 aromatic rings. The number of carbonyl (C=O) groups is 4. The van der Waals surface area contributed by atoms with Crippen LogP contribution in [0, 0.1) is 0 Å². The first kappa shape index (κ1) is 84.9. The van der Waals surface area contributed by atoms with Gasteiger partial charge in [0.05, 0.1) is 70.3 Å². The minimum Gasteiger partial charge on any atom is -0.497 e. The SMILES string of the molecule is COc1ccc(Oc2ccc(S(=O)(=O)c3ccccc3C(=O)O)cc2)cc1.COc1ccc(Oc2ccc(S(=O)(=O)c3ccccc3C(=O)OCc3ccccc3)cc2)cc1.COc1ccc(Oc2ccc(Sc3ccccc3C(=O)O)cc2)cc1.COc1ccc(Oc2ccc(Sc3ccccc3C(=O)OCc3ccccc3)cc2)cc1. The molecule has 2 N–H and O–H groups in total. The average Bonchev–Trinajstić information content (AvgIpc) is 0.785. The standard InChI is InChI=1S/C27H22O6S.C27H22O4S.C20H16O6S.C20H16O4S/c1-31-21-11-13-22(14-12-21)33-23-15-17-24(18-16-23)34(29,30)26-10-6-5-9-25(26)27(28)32-19-20-7-3-2-4-8-20;1-29-21-11-13-22(14-12-21)31-23-15-17-24(18-16-23)32-26-10-6-5-9-25(26)27(28)30-19-20-7-3-2-4-8-20;1-25-14-6-8-15(9-7-14)26-16-10-12-17(13-11-16)27(23,24)19-5-3-2-4-18(19)20(21)22;1-23-14-6-8-15(9-7-14)24-16-10-12-17(13-11-16)25-19-5-3-2-4-18(19)20(21)22/h2-18H,19H2,1H3;2-18H,19H2,1H3;2-13H,1H3,(H,21,22);2-13H,1H3,(H,21,22). The molecule has 0 aliphatic heterocycles. The number of carboxylic acid groups (broad SMARTS) is 2. The number of methoxy groups -OCH3 is 4. The summed E-state index contributed by atoms with van der Waals surface area (Å²) in [5, 5.41) is 18.5. The number of esters is 2. The minimum atomic E-state index is -3.97. The fraction of sp³-hybridized carbons (Fsp3) is 0.0638. The average molecular weight is 1650 g/mol. The van der Waals surface area contributed by atoms with Crippen molar-refractivity contribution in [2.45, 2.75) is 52.4 Å². The van der Waals surface area contributed by atoms with Crippen molar-refractivity contribution in [2.75, 3.05) is 28.4 Å². The highest BCUT2D eigenvalue weighted by Gasteiger charge is 2.27. The predicted molar refractivity (Wildman–Crippen MR) is 448 cm³/mol. The van der Waals surface area contributed by atoms with Crippen LogP contribution in [0.3, 0.4) is 0 Å². The summed E-state index contributed by atoms with van der Waals surface area (Å²) in [6.45, 7) is 0.293. The van der Waals surface area contributed by atoms with Crippen molar-refractivity contribution in [3.8, 4) is 69.0 Å². The maximum Gasteiger partial charge on any atom is 0.339 e. The number of ether oxygens (including phenoxy) is 10. The molecular formula is C94H76O20S4. The van der Waals surface area contributed by atoms with Crippen LogP contribution in [0.4, 0.5) is 0 Å². The zero-order chi connectivity index (χ0) is 83.2. The van der Waals surface area contributed by atoms with E-state index in [4.69, 9.17) is 47.4 Å². The van der Waals surface area contributed by atoms with E-state index < -0.39 is 37.6 Å². The summed E-state index contributed by atoms with van der Waals surface area (Å²) in [4.78, 5) is 51.1. The molecule has 0 aromatic heterocycles. The van der Waals surface area contributed by atoms with Crippen molar-refractivity contribution in [2.24, 2.45) is 0 Å². The van der Waals surface area contributed by atoms with E-state index in [0.29, 0.717) is 56.3 Å². The van der Waals surface area contributed by atoms with Crippen LogP contribution in [0.5, 0.6) is 69.0 Å². The van der Waals surface area contributed by atoms with Gasteiger partial charge in [0.15, 0.2) is 0 Å². The third-order valence-electron chi connectivity index (χ3n) is 17.0. The molecule has 0 fully saturated rings. The highest BCUT2D eigenvalue weighted by atomic mass is 32.2. The lowest BCUT2D eigenvalue weighted by Gasteiger charge is -2.12. The van der Waals surface area contributed by atoms with Gasteiger partial charge >= 0.3 is 23.9 Å². The Kier molecular flexibility index (Phi) is 30.1. The fourth-order valence-electron chi connectivity index (χ4n) is 11.0. The van der Waals surface area contributed by atoms with Crippen molar-refractivity contribution in [1.82, 2.24) is 0 Å². The van der Waals surface area contributed by atoms with Gasteiger partial charge in [-0.2, -0.15) is 0 Å². The first-order valence-electron chi connectivity index (χ1n) is 36.0. The number of sulfone groups is 2. The maximum absolute atomic E-state index is 13.3. The molecule has 0 unspecified atom stereocenters. The Bertz CT molecular complexity index is 5890. The van der Waals surface area contributed by atoms with Gasteiger partial charge in [-0.1, -0.05) is 133 Å². The molecule has 14 rings (SSSR count). The van der Waals surface area contributed by atoms with Crippen molar-refractivity contribution in [1.29, 1.82) is 0 Å². The minimum absolute atomic E-state index is 0.0155. The van der Waals surface area contributed by atoms with Gasteiger partial charge in [0.25, 0.3) is 0 Å². The Hall–Kier alpha value is -14.0. The Morgan fingerprint density at radius 2 is 0.500 bits per heavy atom. The van der Waals surface area contributed by atoms with Gasteiger partial charge in [-0.3, -0.25) is 0 Å². The lowest BCUT2D eigenvalue weighted by molar-refractivity contribution is 0.0460. The number of carbonyl (C=O) groups excluding carboxylic acids is 2. The van der Waals surface area contributed by atoms with Crippen molar-refractivity contribution >= 4 is 67.1 Å². The number of aromatic carboxylic acids is 2. The highest BCUT2D eigenvalue weighted by molar-refractivity contribution is 7.99. The van der Waals surface area contributed by atoms with Crippen molar-refractivity contribution in [3.63, 3.8) is 0 Å². The topological polar surface area (TPSA) is 269 Å². The molecule has 118 heavy (non-hydrogen) atoms. The molecule has 0 bridgehead atoms. The molecule has 20 nitrogen and oxygen atoms in total. The number of hydrogen-bond donors (Lipinski definition) is 2. The molecule has 0 atom stereocenters. The van der Waals surface area contributed by atoms with E-state index >= 15 is 0 Å². The van der Waals surface area contributed by atoms with E-state index in [1.54, 1.807) is 126 Å². The Balaban J connectivity index is 0.000000155. The van der Waals surface area contributed by atoms with Gasteiger partial charge in [0.1, 0.15) is 82.2 Å². The van der Waals surface area contributed by atoms with E-state index in [1.807, 2.05) is 182 Å². The molecule has 0 saturated carbocycles. The lowest BCUT2D eigenvalue weighted by atomic mass is 10.2. The Labute approximate surface area is 691 Å². The van der Waals surface area contributed by atoms with E-state index in [1.165, 1.54) is 96.3 Å². The van der Waals surface area contributed by atoms with E-state index in [9.17, 15) is 46.2 Å². The maximum atomic E-state index is 13.3. The molecule has 0 radical (unpaired) electrons. The predicted octanol–water partition coefficient (Wildman–Crippen LogP) is 22.0. The summed E-state index contributed by atoms with van der Waals surface area (Å²) in [5.41, 5.74) is 2.33. The molecule has 596 valence electrons. The molecule has 0 saturated heterocycles. The molecule has 14 aromatic carbocycles. The second kappa shape index (κ2) is 41.8. The second-order valence-electron chi connectivity index (χ2n) is 24.9. The summed E-state index contributed by atoms with van der Waals surface area (Å²) < 4.78 is 107. The summed E-state index contributed by atoms with van der Waals surface area (Å²) >= 11 is 2.92. The summed E-state index contributed by atoms with van der Waals surface area (Å²) in [7, 11) is -1.54. The van der Waals surface area contributed by atoms with Crippen LogP contribution >= 0.6 is 23.5 Å². The van der Waals surface area contributed by atoms with Crippen LogP contribution < -0.4 is 37.9 Å². The smallest absolute Gasteiger partial charge is 0.339 e. The lowest BCUT2D eigenvalue weighted by Crippen LogP contribution is -2.12. The Morgan fingerprint density at radius 1 is 0.263 bits per heavy atom. The van der Waals surface area contributed by atoms with Crippen LogP contribution in [0.25, 0.3) is 0 Å². The molecular weight excluding hydrogens is 1580 g/mol. The zero-order valence-corrected chi connectivity index (χ0v) is 67.0. The van der Waals surface area contributed by atoms with Crippen LogP contribution in [0.15, 0.2) is 391 Å². The van der Waals surface area contributed by atoms with Gasteiger partial charge in [-0.25, -0.2) is 36.0 Å². The third-order valence-corrected chi connectivity index (χ3v) is 22.8. The molecule has 24 heteroatoms. The monoisotopic (exact) mass is 1650 g/mol. The second-order valence-corrected chi connectivity index (χ2v) is 31.0. The summed E-state index contributed by atoms with van der Waals surface area (Å²) in [6, 6.07) is 101. The number of carboxylic acids is 2. The number of hydrogen-bond acceptors (Lipinski definition) is 20. The van der Waals surface area contributed by atoms with E-state index in [2.05, 4.69) is 0 Å². The van der Waals surface area contributed by atoms with E-state index in [0.717, 1.165) is 54.6 Å². The first-order chi connectivity index (χ1) is 57.2. The van der Waals surface area contributed by atoms with Crippen molar-refractivity contribution < 1.29 is 93.6 Å². The molecule has 0 aliphatic rings. The Morgan fingerprint density at radius 3 is 0.822 bits per heavy atom. The third kappa shape index (κ3) is 24.0. The van der Waals surface area contributed by atoms with Gasteiger partial charge in [-0.15, -0.1) is 0 Å². The first-order valence-corrected chi connectivity index (χ1v) is 40.6. The molecule has 0 amide bonds. The summed E-state index contributed by atoms with van der Waals surface area (Å²) in [5.74, 6) is 4.66. The number of benzene rings is 14. The van der Waals surface area contributed by atoms with Crippen LogP contribution in [0.1, 0.15) is 52.6 Å². The quantitative estimate of drug-likeness (QED) is 0.0431. The molecule has 0 spiro atoms. The van der Waals surface area contributed by atoms with Gasteiger partial charge < -0.3 is 57.6 Å². The van der Waals surface area contributed by atoms with Crippen LogP contribution in [-0.4, -0.2) is 79.4 Å². The molecule has 0 aliphatic carbocycles.